The molecule has 2 aromatic rings. The highest BCUT2D eigenvalue weighted by Crippen LogP contribution is 2.16. The fourth-order valence-corrected chi connectivity index (χ4v) is 2.43. The van der Waals surface area contributed by atoms with Crippen molar-refractivity contribution in [1.82, 2.24) is 4.90 Å². The van der Waals surface area contributed by atoms with Crippen LogP contribution < -0.4 is 4.74 Å². The van der Waals surface area contributed by atoms with Gasteiger partial charge in [0.1, 0.15) is 12.4 Å². The van der Waals surface area contributed by atoms with Gasteiger partial charge < -0.3 is 9.84 Å². The topological polar surface area (TPSA) is 73.6 Å². The van der Waals surface area contributed by atoms with Gasteiger partial charge in [-0.3, -0.25) is 9.69 Å². The Kier molecular flexibility index (Phi) is 8.63. The Morgan fingerprint density at radius 2 is 1.73 bits per heavy atom. The van der Waals surface area contributed by atoms with Crippen LogP contribution in [0.25, 0.3) is 0 Å². The molecular weight excluding hydrogens is 352 g/mol. The van der Waals surface area contributed by atoms with Gasteiger partial charge in [-0.2, -0.15) is 5.26 Å². The highest BCUT2D eigenvalue weighted by atomic mass is 35.5. The van der Waals surface area contributed by atoms with Crippen LogP contribution in [-0.2, 0) is 17.8 Å². The van der Waals surface area contributed by atoms with Gasteiger partial charge in [0.25, 0.3) is 0 Å². The van der Waals surface area contributed by atoms with E-state index in [0.29, 0.717) is 12.2 Å². The van der Waals surface area contributed by atoms with Gasteiger partial charge >= 0.3 is 5.97 Å². The number of halogens is 1. The molecule has 0 aliphatic carbocycles. The molecule has 0 aliphatic heterocycles. The lowest BCUT2D eigenvalue weighted by Crippen LogP contribution is -2.35. The highest BCUT2D eigenvalue weighted by Gasteiger charge is 2.12. The second-order valence-electron chi connectivity index (χ2n) is 6.10. The van der Waals surface area contributed by atoms with Crippen LogP contribution in [0.1, 0.15) is 23.6 Å². The standard InChI is InChI=1S/C20H22N2O3.ClH/c1-15(22(2)13-20(23)24)11-16-7-9-19(10-8-16)25-14-18-5-3-17(12-21)4-6-18;/h3-10,15H,11,13-14H2,1-2H3,(H,23,24);1H/t15-;/m1./s1. The Balaban J connectivity index is 0.00000338. The van der Waals surface area contributed by atoms with Crippen molar-refractivity contribution in [3.05, 3.63) is 65.2 Å². The third-order valence-corrected chi connectivity index (χ3v) is 4.08. The Morgan fingerprint density at radius 1 is 1.15 bits per heavy atom. The lowest BCUT2D eigenvalue weighted by atomic mass is 10.1. The normalized spacial score (nSPS) is 11.3. The maximum Gasteiger partial charge on any atom is 0.317 e. The van der Waals surface area contributed by atoms with E-state index in [0.717, 1.165) is 23.3 Å². The molecule has 0 unspecified atom stereocenters. The summed E-state index contributed by atoms with van der Waals surface area (Å²) < 4.78 is 5.75. The molecule has 2 aromatic carbocycles. The fourth-order valence-electron chi connectivity index (χ4n) is 2.43. The summed E-state index contributed by atoms with van der Waals surface area (Å²) in [7, 11) is 1.81. The first-order chi connectivity index (χ1) is 12.0. The first-order valence-electron chi connectivity index (χ1n) is 8.10. The molecule has 2 rings (SSSR count). The van der Waals surface area contributed by atoms with Gasteiger partial charge in [-0.15, -0.1) is 12.4 Å². The van der Waals surface area contributed by atoms with Gasteiger partial charge in [-0.1, -0.05) is 24.3 Å². The minimum Gasteiger partial charge on any atom is -0.489 e. The summed E-state index contributed by atoms with van der Waals surface area (Å²) in [4.78, 5) is 12.6. The average molecular weight is 375 g/mol. The largest absolute Gasteiger partial charge is 0.489 e. The van der Waals surface area contributed by atoms with Crippen LogP contribution in [0.5, 0.6) is 5.75 Å². The van der Waals surface area contributed by atoms with Crippen LogP contribution in [0.4, 0.5) is 0 Å². The van der Waals surface area contributed by atoms with E-state index in [1.807, 2.05) is 55.3 Å². The lowest BCUT2D eigenvalue weighted by Gasteiger charge is -2.22. The molecule has 0 aromatic heterocycles. The van der Waals surface area contributed by atoms with Crippen LogP contribution in [0.2, 0.25) is 0 Å². The summed E-state index contributed by atoms with van der Waals surface area (Å²) >= 11 is 0. The minimum atomic E-state index is -0.819. The molecule has 0 amide bonds. The van der Waals surface area contributed by atoms with Crippen molar-refractivity contribution in [1.29, 1.82) is 5.26 Å². The molecule has 0 saturated heterocycles. The molecule has 6 heteroatoms. The summed E-state index contributed by atoms with van der Waals surface area (Å²) in [6.07, 6.45) is 0.777. The van der Waals surface area contributed by atoms with Crippen LogP contribution >= 0.6 is 12.4 Å². The molecular formula is C20H23ClN2O3. The first kappa shape index (κ1) is 21.5. The van der Waals surface area contributed by atoms with Gasteiger partial charge in [-0.05, 0) is 55.8 Å². The van der Waals surface area contributed by atoms with Gasteiger partial charge in [-0.25, -0.2) is 0 Å². The number of nitriles is 1. The second-order valence-corrected chi connectivity index (χ2v) is 6.10. The van der Waals surface area contributed by atoms with E-state index in [4.69, 9.17) is 15.1 Å². The zero-order valence-electron chi connectivity index (χ0n) is 14.9. The molecule has 0 heterocycles. The molecule has 0 radical (unpaired) electrons. The summed E-state index contributed by atoms with van der Waals surface area (Å²) in [5, 5.41) is 17.6. The summed E-state index contributed by atoms with van der Waals surface area (Å²) in [5.41, 5.74) is 2.78. The van der Waals surface area contributed by atoms with E-state index in [1.165, 1.54) is 0 Å². The Bertz CT molecular complexity index is 739. The fraction of sp³-hybridized carbons (Fsp3) is 0.300. The summed E-state index contributed by atoms with van der Waals surface area (Å²) in [6.45, 7) is 2.49. The van der Waals surface area contributed by atoms with E-state index in [1.54, 1.807) is 12.1 Å². The van der Waals surface area contributed by atoms with Crippen molar-refractivity contribution in [2.75, 3.05) is 13.6 Å². The minimum absolute atomic E-state index is 0. The summed E-state index contributed by atoms with van der Waals surface area (Å²) in [5.74, 6) is -0.0412. The van der Waals surface area contributed by atoms with E-state index in [-0.39, 0.29) is 25.0 Å². The first-order valence-corrected chi connectivity index (χ1v) is 8.10. The van der Waals surface area contributed by atoms with E-state index in [2.05, 4.69) is 6.07 Å². The molecule has 0 bridgehead atoms. The average Bonchev–Trinajstić information content (AvgIpc) is 2.61. The van der Waals surface area contributed by atoms with Crippen LogP contribution in [0.3, 0.4) is 0 Å². The Hall–Kier alpha value is -2.55. The number of benzene rings is 2. The Morgan fingerprint density at radius 3 is 2.27 bits per heavy atom. The molecule has 1 N–H and O–H groups in total. The number of carboxylic acid groups (broad SMARTS) is 1. The number of rotatable bonds is 8. The number of hydrogen-bond acceptors (Lipinski definition) is 4. The Labute approximate surface area is 160 Å². The highest BCUT2D eigenvalue weighted by molar-refractivity contribution is 5.85. The van der Waals surface area contributed by atoms with Crippen LogP contribution in [-0.4, -0.2) is 35.6 Å². The predicted octanol–water partition coefficient (Wildman–Crippen LogP) is 3.51. The van der Waals surface area contributed by atoms with Crippen molar-refractivity contribution < 1.29 is 14.6 Å². The third kappa shape index (κ3) is 6.75. The predicted molar refractivity (Wildman–Crippen MR) is 103 cm³/mol. The van der Waals surface area contributed by atoms with E-state index >= 15 is 0 Å². The molecule has 0 aliphatic rings. The number of carbonyl (C=O) groups is 1. The number of nitrogens with zero attached hydrogens (tertiary/aromatic N) is 2. The van der Waals surface area contributed by atoms with E-state index < -0.39 is 5.97 Å². The molecule has 5 nitrogen and oxygen atoms in total. The number of likely N-dealkylation sites (N-methyl/N-ethyl adjacent to an activating group) is 1. The molecule has 1 atom stereocenters. The van der Waals surface area contributed by atoms with Crippen molar-refractivity contribution in [3.63, 3.8) is 0 Å². The molecule has 0 saturated carbocycles. The van der Waals surface area contributed by atoms with E-state index in [9.17, 15) is 4.79 Å². The van der Waals surface area contributed by atoms with Gasteiger partial charge in [0.15, 0.2) is 0 Å². The molecule has 26 heavy (non-hydrogen) atoms. The quantitative estimate of drug-likeness (QED) is 0.765. The van der Waals surface area contributed by atoms with Crippen LogP contribution in [0, 0.1) is 11.3 Å². The SMILES string of the molecule is C[C@H](Cc1ccc(OCc2ccc(C#N)cc2)cc1)N(C)CC(=O)O.Cl. The summed E-state index contributed by atoms with van der Waals surface area (Å²) in [6, 6.07) is 17.4. The smallest absolute Gasteiger partial charge is 0.317 e. The van der Waals surface area contributed by atoms with Crippen molar-refractivity contribution in [3.8, 4) is 11.8 Å². The van der Waals surface area contributed by atoms with Crippen molar-refractivity contribution >= 4 is 18.4 Å². The molecule has 0 fully saturated rings. The zero-order chi connectivity index (χ0) is 18.2. The third-order valence-electron chi connectivity index (χ3n) is 4.08. The monoisotopic (exact) mass is 374 g/mol. The van der Waals surface area contributed by atoms with Gasteiger partial charge in [0.2, 0.25) is 0 Å². The zero-order valence-corrected chi connectivity index (χ0v) is 15.7. The number of hydrogen-bond donors (Lipinski definition) is 1. The van der Waals surface area contributed by atoms with Crippen molar-refractivity contribution in [2.24, 2.45) is 0 Å². The number of aliphatic carboxylic acids is 1. The van der Waals surface area contributed by atoms with Gasteiger partial charge in [0, 0.05) is 6.04 Å². The van der Waals surface area contributed by atoms with Crippen LogP contribution in [0.15, 0.2) is 48.5 Å². The molecule has 0 spiro atoms. The number of carboxylic acids is 1. The maximum absolute atomic E-state index is 10.8. The number of ether oxygens (including phenoxy) is 1. The van der Waals surface area contributed by atoms with Gasteiger partial charge in [0.05, 0.1) is 18.2 Å². The lowest BCUT2D eigenvalue weighted by molar-refractivity contribution is -0.138. The maximum atomic E-state index is 10.8. The second kappa shape index (κ2) is 10.4. The molecule has 138 valence electrons. The van der Waals surface area contributed by atoms with Crippen molar-refractivity contribution in [2.45, 2.75) is 26.0 Å².